The maximum absolute atomic E-state index is 13.9. The van der Waals surface area contributed by atoms with Gasteiger partial charge in [-0.25, -0.2) is 9.59 Å². The molecule has 0 bridgehead atoms. The topological polar surface area (TPSA) is 217 Å². The van der Waals surface area contributed by atoms with E-state index in [0.29, 0.717) is 31.2 Å². The lowest BCUT2D eigenvalue weighted by molar-refractivity contribution is -0.174. The molecule has 1 aromatic rings. The Morgan fingerprint density at radius 2 is 1.33 bits per heavy atom. The molecule has 3 atom stereocenters. The van der Waals surface area contributed by atoms with E-state index in [1.165, 1.54) is 69.9 Å². The van der Waals surface area contributed by atoms with E-state index in [9.17, 15) is 48.9 Å². The Morgan fingerprint density at radius 3 is 1.87 bits per heavy atom. The molecular weight excluding hydrogens is 702 g/mol. The lowest BCUT2D eigenvalue weighted by Crippen LogP contribution is -2.56. The number of carboxylic acids is 1. The number of carboxylic acid groups (broad SMARTS) is 1. The molecule has 0 spiro atoms. The van der Waals surface area contributed by atoms with Gasteiger partial charge < -0.3 is 39.9 Å². The molecule has 0 saturated heterocycles. The number of likely N-dealkylation sites (N-methyl/N-ethyl adjacent to an activating group) is 2. The van der Waals surface area contributed by atoms with Gasteiger partial charge >= 0.3 is 17.9 Å². The van der Waals surface area contributed by atoms with E-state index in [4.69, 9.17) is 9.47 Å². The number of nitrogens with one attached hydrogen (secondary N) is 1. The number of carbonyl (C=O) groups is 7. The number of allylic oxidation sites excluding steroid dienone is 1. The van der Waals surface area contributed by atoms with E-state index in [-0.39, 0.29) is 18.0 Å². The summed E-state index contributed by atoms with van der Waals surface area (Å²) in [6.45, 7) is 0.758. The summed E-state index contributed by atoms with van der Waals surface area (Å²) in [4.78, 5) is 90.9. The maximum Gasteiger partial charge on any atom is 0.337 e. The summed E-state index contributed by atoms with van der Waals surface area (Å²) in [5.41, 5.74) is -2.62. The van der Waals surface area contributed by atoms with Gasteiger partial charge in [0.05, 0.1) is 12.3 Å². The second-order valence-electron chi connectivity index (χ2n) is 13.7. The van der Waals surface area contributed by atoms with Crippen LogP contribution in [-0.4, -0.2) is 120 Å². The average molecular weight is 762 g/mol. The van der Waals surface area contributed by atoms with Crippen molar-refractivity contribution in [2.24, 2.45) is 5.92 Å². The van der Waals surface area contributed by atoms with E-state index in [2.05, 4.69) is 12.2 Å². The predicted molar refractivity (Wildman–Crippen MR) is 199 cm³/mol. The quantitative estimate of drug-likeness (QED) is 0.0577. The van der Waals surface area contributed by atoms with Crippen molar-refractivity contribution in [3.05, 3.63) is 42.0 Å². The SMILES string of the molecule is CCCCCCCC(=O)CCCCCC/C=C/[C@H](C(=O)N[C@@H](Cc1ccc(O)cc1)C(=O)OCC(=O)N(C)C)[C@@](O)(CC(=O)OCC(=O)N(C)C)C(=O)O. The van der Waals surface area contributed by atoms with E-state index < -0.39 is 72.8 Å². The Balaban J connectivity index is 3.18. The molecule has 0 aliphatic carbocycles. The number of benzene rings is 1. The van der Waals surface area contributed by atoms with Gasteiger partial charge in [0.15, 0.2) is 18.8 Å². The molecule has 4 N–H and O–H groups in total. The lowest BCUT2D eigenvalue weighted by atomic mass is 9.82. The van der Waals surface area contributed by atoms with E-state index in [1.807, 2.05) is 0 Å². The van der Waals surface area contributed by atoms with Gasteiger partial charge in [-0.2, -0.15) is 0 Å². The molecule has 0 saturated carbocycles. The number of nitrogens with zero attached hydrogens (tertiary/aromatic N) is 2. The number of amides is 3. The maximum atomic E-state index is 13.9. The van der Waals surface area contributed by atoms with Crippen molar-refractivity contribution in [2.75, 3.05) is 41.4 Å². The van der Waals surface area contributed by atoms with Crippen LogP contribution in [0, 0.1) is 5.92 Å². The van der Waals surface area contributed by atoms with Gasteiger partial charge in [0.25, 0.3) is 11.8 Å². The number of phenolic OH excluding ortho intramolecular Hbond substituents is 1. The number of phenols is 1. The third-order valence-electron chi connectivity index (χ3n) is 8.71. The summed E-state index contributed by atoms with van der Waals surface area (Å²) in [5, 5.41) is 33.7. The Hall–Kier alpha value is -4.79. The summed E-state index contributed by atoms with van der Waals surface area (Å²) >= 11 is 0. The third-order valence-corrected chi connectivity index (χ3v) is 8.71. The molecule has 3 amide bonds. The minimum Gasteiger partial charge on any atom is -0.508 e. The highest BCUT2D eigenvalue weighted by atomic mass is 16.5. The van der Waals surface area contributed by atoms with Crippen LogP contribution >= 0.6 is 0 Å². The number of ether oxygens (including phenoxy) is 2. The van der Waals surface area contributed by atoms with Crippen LogP contribution in [0.5, 0.6) is 5.75 Å². The number of aliphatic hydroxyl groups is 1. The molecule has 0 aliphatic rings. The highest BCUT2D eigenvalue weighted by Gasteiger charge is 2.49. The van der Waals surface area contributed by atoms with Crippen molar-refractivity contribution in [2.45, 2.75) is 108 Å². The van der Waals surface area contributed by atoms with Crippen molar-refractivity contribution >= 4 is 41.4 Å². The van der Waals surface area contributed by atoms with Crippen LogP contribution in [0.3, 0.4) is 0 Å². The zero-order valence-electron chi connectivity index (χ0n) is 32.3. The standard InChI is InChI=1S/C39H59N3O12/c1-6-7-8-11-14-17-29(43)18-15-12-9-10-13-16-19-31(39(52,38(50)51)25-35(47)53-26-33(45)41(2)3)36(48)40-32(24-28-20-22-30(44)23-21-28)37(49)54-27-34(46)42(4)5/h16,19-23,31-32,44,52H,6-15,17-18,24-27H2,1-5H3,(H,40,48)(H,50,51)/b19-16+/t31-,32+,39+/m1/s1. The number of unbranched alkanes of at least 4 members (excludes halogenated alkanes) is 8. The van der Waals surface area contributed by atoms with Gasteiger partial charge in [0.1, 0.15) is 17.6 Å². The van der Waals surface area contributed by atoms with Crippen LogP contribution in [0.4, 0.5) is 0 Å². The van der Waals surface area contributed by atoms with Crippen LogP contribution in [0.15, 0.2) is 36.4 Å². The molecule has 0 aliphatic heterocycles. The molecule has 1 aromatic carbocycles. The third kappa shape index (κ3) is 18.3. The number of carbonyl (C=O) groups excluding carboxylic acids is 6. The summed E-state index contributed by atoms with van der Waals surface area (Å²) in [6.07, 6.45) is 10.9. The molecule has 1 rings (SSSR count). The normalized spacial score (nSPS) is 13.3. The molecule has 302 valence electrons. The van der Waals surface area contributed by atoms with Crippen LogP contribution in [-0.2, 0) is 49.5 Å². The van der Waals surface area contributed by atoms with Gasteiger partial charge in [0.2, 0.25) is 5.91 Å². The van der Waals surface area contributed by atoms with Gasteiger partial charge in [-0.1, -0.05) is 69.7 Å². The molecule has 0 fully saturated rings. The number of Topliss-reactive ketones (excluding diaryl/α,β-unsaturated/α-hetero) is 1. The number of aliphatic carboxylic acids is 1. The number of rotatable bonds is 27. The van der Waals surface area contributed by atoms with E-state index in [1.54, 1.807) is 0 Å². The summed E-state index contributed by atoms with van der Waals surface area (Å²) < 4.78 is 10.0. The smallest absolute Gasteiger partial charge is 0.337 e. The van der Waals surface area contributed by atoms with Crippen LogP contribution in [0.1, 0.15) is 96.0 Å². The first kappa shape index (κ1) is 47.2. The van der Waals surface area contributed by atoms with Gasteiger partial charge in [-0.05, 0) is 43.4 Å². The zero-order valence-corrected chi connectivity index (χ0v) is 32.3. The number of aromatic hydroxyl groups is 1. The number of hydrogen-bond donors (Lipinski definition) is 4. The van der Waals surface area contributed by atoms with Gasteiger partial charge in [0, 0.05) is 47.5 Å². The highest BCUT2D eigenvalue weighted by Crippen LogP contribution is 2.26. The lowest BCUT2D eigenvalue weighted by Gasteiger charge is -2.30. The van der Waals surface area contributed by atoms with Gasteiger partial charge in [-0.15, -0.1) is 0 Å². The largest absolute Gasteiger partial charge is 0.508 e. The first-order valence-corrected chi connectivity index (χ1v) is 18.5. The fourth-order valence-corrected chi connectivity index (χ4v) is 5.23. The Kier molecular flexibility index (Phi) is 22.1. The molecule has 0 heterocycles. The molecule has 0 unspecified atom stereocenters. The van der Waals surface area contributed by atoms with Crippen molar-refractivity contribution in [1.29, 1.82) is 0 Å². The van der Waals surface area contributed by atoms with Crippen molar-refractivity contribution in [3.63, 3.8) is 0 Å². The first-order chi connectivity index (χ1) is 25.5. The second-order valence-corrected chi connectivity index (χ2v) is 13.7. The monoisotopic (exact) mass is 761 g/mol. The average Bonchev–Trinajstić information content (AvgIpc) is 3.12. The summed E-state index contributed by atoms with van der Waals surface area (Å²) in [6, 6.07) is 4.17. The molecular formula is C39H59N3O12. The van der Waals surface area contributed by atoms with Crippen molar-refractivity contribution in [1.82, 2.24) is 15.1 Å². The van der Waals surface area contributed by atoms with Crippen molar-refractivity contribution < 1.29 is 58.4 Å². The number of hydrogen-bond acceptors (Lipinski definition) is 11. The molecule has 0 aromatic heterocycles. The molecule has 15 heteroatoms. The second kappa shape index (κ2) is 25.3. The van der Waals surface area contributed by atoms with Gasteiger partial charge in [-0.3, -0.25) is 24.0 Å². The minimum absolute atomic E-state index is 0.0592. The van der Waals surface area contributed by atoms with Crippen LogP contribution < -0.4 is 5.32 Å². The summed E-state index contributed by atoms with van der Waals surface area (Å²) in [5.74, 6) is -8.30. The van der Waals surface area contributed by atoms with E-state index in [0.717, 1.165) is 55.9 Å². The summed E-state index contributed by atoms with van der Waals surface area (Å²) in [7, 11) is 5.74. The highest BCUT2D eigenvalue weighted by molar-refractivity contribution is 5.95. The molecule has 54 heavy (non-hydrogen) atoms. The zero-order chi connectivity index (χ0) is 40.7. The Morgan fingerprint density at radius 1 is 0.796 bits per heavy atom. The van der Waals surface area contributed by atoms with Crippen LogP contribution in [0.2, 0.25) is 0 Å². The number of ketones is 1. The minimum atomic E-state index is -3.08. The Bertz CT molecular complexity index is 1410. The first-order valence-electron chi connectivity index (χ1n) is 18.5. The van der Waals surface area contributed by atoms with Crippen LogP contribution in [0.25, 0.3) is 0 Å². The Labute approximate surface area is 318 Å². The molecule has 0 radical (unpaired) electrons. The fourth-order valence-electron chi connectivity index (χ4n) is 5.23. The number of esters is 2. The molecule has 15 nitrogen and oxygen atoms in total. The fraction of sp³-hybridized carbons (Fsp3) is 0.615. The predicted octanol–water partition coefficient (Wildman–Crippen LogP) is 3.33. The van der Waals surface area contributed by atoms with E-state index >= 15 is 0 Å². The van der Waals surface area contributed by atoms with Crippen molar-refractivity contribution in [3.8, 4) is 5.75 Å².